The molecule has 1 fully saturated rings. The summed E-state index contributed by atoms with van der Waals surface area (Å²) in [5, 5.41) is 16.8. The minimum atomic E-state index is -0.682. The Morgan fingerprint density at radius 3 is 2.47 bits per heavy atom. The van der Waals surface area contributed by atoms with Gasteiger partial charge in [-0.15, -0.1) is 0 Å². The molecule has 1 saturated carbocycles. The standard InChI is InChI=1S/C29H23FN6O2/c30-21-15-17(16-31)26(33-23-12-5-11-22-20(23)9-6-14-32-22)35-27(21)34-24-10-3-4-13-25(24)36-28(37)18-7-1-2-8-19(18)29(36)38/h1-2,5-9,11-12,14-15,24-25H,3-4,10,13H2,(H2,33,34,35)/t24-,25+/m1/s1. The Kier molecular flexibility index (Phi) is 5.92. The van der Waals surface area contributed by atoms with Crippen molar-refractivity contribution >= 4 is 40.0 Å². The van der Waals surface area contributed by atoms with Crippen LogP contribution in [0.3, 0.4) is 0 Å². The van der Waals surface area contributed by atoms with Crippen LogP contribution in [-0.2, 0) is 0 Å². The van der Waals surface area contributed by atoms with Gasteiger partial charge in [-0.1, -0.05) is 31.0 Å². The summed E-state index contributed by atoms with van der Waals surface area (Å²) in [6.07, 6.45) is 4.65. The number of anilines is 3. The van der Waals surface area contributed by atoms with Gasteiger partial charge in [0, 0.05) is 23.3 Å². The van der Waals surface area contributed by atoms with Gasteiger partial charge in [-0.2, -0.15) is 5.26 Å². The number of carbonyl (C=O) groups is 2. The van der Waals surface area contributed by atoms with Crippen molar-refractivity contribution < 1.29 is 14.0 Å². The third-order valence-corrected chi connectivity index (χ3v) is 7.20. The van der Waals surface area contributed by atoms with Crippen LogP contribution in [-0.4, -0.2) is 38.8 Å². The molecule has 2 amide bonds. The van der Waals surface area contributed by atoms with Gasteiger partial charge in [0.05, 0.1) is 28.2 Å². The number of carbonyl (C=O) groups excluding carboxylic acids is 2. The van der Waals surface area contributed by atoms with Crippen LogP contribution >= 0.6 is 0 Å². The summed E-state index contributed by atoms with van der Waals surface area (Å²) in [5.41, 5.74) is 2.27. The summed E-state index contributed by atoms with van der Waals surface area (Å²) >= 11 is 0. The molecule has 2 N–H and O–H groups in total. The predicted octanol–water partition coefficient (Wildman–Crippen LogP) is 5.40. The number of imide groups is 1. The van der Waals surface area contributed by atoms with Gasteiger partial charge < -0.3 is 10.6 Å². The van der Waals surface area contributed by atoms with E-state index in [-0.39, 0.29) is 29.0 Å². The van der Waals surface area contributed by atoms with Crippen LogP contribution in [0.4, 0.5) is 21.7 Å². The zero-order valence-electron chi connectivity index (χ0n) is 20.3. The van der Waals surface area contributed by atoms with Crippen molar-refractivity contribution in [2.24, 2.45) is 0 Å². The van der Waals surface area contributed by atoms with Gasteiger partial charge in [0.25, 0.3) is 11.8 Å². The van der Waals surface area contributed by atoms with E-state index in [1.807, 2.05) is 36.4 Å². The summed E-state index contributed by atoms with van der Waals surface area (Å²) in [6.45, 7) is 0. The monoisotopic (exact) mass is 506 g/mol. The largest absolute Gasteiger partial charge is 0.363 e. The third kappa shape index (κ3) is 4.00. The Hall–Kier alpha value is -4.84. The molecule has 3 heterocycles. The number of benzene rings is 2. The molecule has 1 aliphatic carbocycles. The van der Waals surface area contributed by atoms with Crippen molar-refractivity contribution in [2.75, 3.05) is 10.6 Å². The lowest BCUT2D eigenvalue weighted by Gasteiger charge is -2.37. The number of nitriles is 1. The fourth-order valence-electron chi connectivity index (χ4n) is 5.38. The second kappa shape index (κ2) is 9.56. The van der Waals surface area contributed by atoms with E-state index in [2.05, 4.69) is 20.6 Å². The number of nitrogens with one attached hydrogen (secondary N) is 2. The quantitative estimate of drug-likeness (QED) is 0.349. The maximum atomic E-state index is 15.2. The Bertz CT molecular complexity index is 1590. The van der Waals surface area contributed by atoms with Gasteiger partial charge in [-0.25, -0.2) is 9.37 Å². The number of nitrogens with zero attached hydrogens (tertiary/aromatic N) is 4. The first kappa shape index (κ1) is 23.6. The fraction of sp³-hybridized carbons (Fsp3) is 0.207. The van der Waals surface area contributed by atoms with Gasteiger partial charge >= 0.3 is 0 Å². The number of rotatable bonds is 5. The number of hydrogen-bond acceptors (Lipinski definition) is 7. The first-order valence-corrected chi connectivity index (χ1v) is 12.5. The molecular weight excluding hydrogens is 483 g/mol. The van der Waals surface area contributed by atoms with Gasteiger partial charge in [-0.05, 0) is 55.3 Å². The summed E-state index contributed by atoms with van der Waals surface area (Å²) < 4.78 is 15.2. The van der Waals surface area contributed by atoms with E-state index in [9.17, 15) is 14.9 Å². The minimum Gasteiger partial charge on any atom is -0.363 e. The lowest BCUT2D eigenvalue weighted by atomic mass is 9.89. The summed E-state index contributed by atoms with van der Waals surface area (Å²) in [4.78, 5) is 36.4. The summed E-state index contributed by atoms with van der Waals surface area (Å²) in [5.74, 6) is -1.19. The Morgan fingerprint density at radius 2 is 1.71 bits per heavy atom. The summed E-state index contributed by atoms with van der Waals surface area (Å²) in [7, 11) is 0. The van der Waals surface area contributed by atoms with Crippen LogP contribution in [0.1, 0.15) is 52.0 Å². The highest BCUT2D eigenvalue weighted by Crippen LogP contribution is 2.34. The van der Waals surface area contributed by atoms with Gasteiger partial charge in [0.2, 0.25) is 0 Å². The molecule has 2 aliphatic rings. The van der Waals surface area contributed by atoms with Crippen LogP contribution in [0.25, 0.3) is 10.9 Å². The molecule has 0 bridgehead atoms. The van der Waals surface area contributed by atoms with Crippen LogP contribution in [0.5, 0.6) is 0 Å². The zero-order chi connectivity index (χ0) is 26.2. The molecule has 188 valence electrons. The molecule has 0 spiro atoms. The second-order valence-corrected chi connectivity index (χ2v) is 9.46. The molecule has 2 aromatic heterocycles. The Balaban J connectivity index is 1.32. The molecule has 9 heteroatoms. The van der Waals surface area contributed by atoms with Crippen molar-refractivity contribution in [1.82, 2.24) is 14.9 Å². The number of fused-ring (bicyclic) bond motifs is 2. The summed E-state index contributed by atoms with van der Waals surface area (Å²) in [6, 6.07) is 18.3. The average molecular weight is 507 g/mol. The lowest BCUT2D eigenvalue weighted by molar-refractivity contribution is 0.0534. The first-order chi connectivity index (χ1) is 18.5. The van der Waals surface area contributed by atoms with Crippen molar-refractivity contribution in [3.05, 3.63) is 89.4 Å². The molecule has 8 nitrogen and oxygen atoms in total. The van der Waals surface area contributed by atoms with Crippen LogP contribution in [0, 0.1) is 17.1 Å². The SMILES string of the molecule is N#Cc1cc(F)c(N[C@@H]2CCCC[C@@H]2N2C(=O)c3ccccc3C2=O)nc1Nc1cccc2ncccc12. The molecule has 0 unspecified atom stereocenters. The highest BCUT2D eigenvalue weighted by atomic mass is 19.1. The van der Waals surface area contributed by atoms with Gasteiger partial charge in [-0.3, -0.25) is 19.5 Å². The van der Waals surface area contributed by atoms with Crippen molar-refractivity contribution in [3.63, 3.8) is 0 Å². The smallest absolute Gasteiger partial charge is 0.261 e. The molecule has 1 aliphatic heterocycles. The second-order valence-electron chi connectivity index (χ2n) is 9.46. The number of aromatic nitrogens is 2. The van der Waals surface area contributed by atoms with E-state index in [1.165, 1.54) is 4.90 Å². The molecule has 38 heavy (non-hydrogen) atoms. The topological polar surface area (TPSA) is 111 Å². The van der Waals surface area contributed by atoms with E-state index >= 15 is 4.39 Å². The van der Waals surface area contributed by atoms with Gasteiger partial charge in [0.1, 0.15) is 6.07 Å². The number of halogens is 1. The molecular formula is C29H23FN6O2. The maximum Gasteiger partial charge on any atom is 0.261 e. The molecule has 6 rings (SSSR count). The highest BCUT2D eigenvalue weighted by molar-refractivity contribution is 6.21. The van der Waals surface area contributed by atoms with E-state index < -0.39 is 17.9 Å². The molecule has 2 atom stereocenters. The first-order valence-electron chi connectivity index (χ1n) is 12.5. The Morgan fingerprint density at radius 1 is 0.947 bits per heavy atom. The van der Waals surface area contributed by atoms with E-state index in [0.29, 0.717) is 29.7 Å². The molecule has 0 saturated heterocycles. The van der Waals surface area contributed by atoms with E-state index in [1.54, 1.807) is 30.5 Å². The fourth-order valence-corrected chi connectivity index (χ4v) is 5.38. The lowest BCUT2D eigenvalue weighted by Crippen LogP contribution is -2.51. The molecule has 0 radical (unpaired) electrons. The number of amides is 2. The number of pyridine rings is 2. The van der Waals surface area contributed by atoms with E-state index in [4.69, 9.17) is 0 Å². The highest BCUT2D eigenvalue weighted by Gasteiger charge is 2.43. The van der Waals surface area contributed by atoms with Crippen LogP contribution in [0.2, 0.25) is 0 Å². The normalized spacial score (nSPS) is 18.8. The van der Waals surface area contributed by atoms with E-state index in [0.717, 1.165) is 29.8 Å². The van der Waals surface area contributed by atoms with Gasteiger partial charge in [0.15, 0.2) is 17.5 Å². The van der Waals surface area contributed by atoms with Crippen molar-refractivity contribution in [1.29, 1.82) is 5.26 Å². The third-order valence-electron chi connectivity index (χ3n) is 7.20. The number of hydrogen-bond donors (Lipinski definition) is 2. The maximum absolute atomic E-state index is 15.2. The predicted molar refractivity (Wildman–Crippen MR) is 141 cm³/mol. The molecule has 4 aromatic rings. The average Bonchev–Trinajstić information content (AvgIpc) is 3.20. The van der Waals surface area contributed by atoms with Crippen molar-refractivity contribution in [2.45, 2.75) is 37.8 Å². The van der Waals surface area contributed by atoms with Crippen LogP contribution in [0.15, 0.2) is 66.9 Å². The zero-order valence-corrected chi connectivity index (χ0v) is 20.3. The molecule has 2 aromatic carbocycles. The Labute approximate surface area is 218 Å². The van der Waals surface area contributed by atoms with Crippen molar-refractivity contribution in [3.8, 4) is 6.07 Å². The minimum absolute atomic E-state index is 0.0432. The van der Waals surface area contributed by atoms with Crippen LogP contribution < -0.4 is 10.6 Å².